The van der Waals surface area contributed by atoms with Gasteiger partial charge < -0.3 is 10.1 Å². The van der Waals surface area contributed by atoms with Crippen molar-refractivity contribution in [1.82, 2.24) is 0 Å². The molecule has 130 valence electrons. The van der Waals surface area contributed by atoms with Crippen LogP contribution in [0.4, 0.5) is 17.1 Å². The maximum Gasteiger partial charge on any atom is 0.256 e. The number of rotatable bonds is 5. The van der Waals surface area contributed by atoms with Crippen LogP contribution in [0.2, 0.25) is 0 Å². The fraction of sp³-hybridized carbons (Fsp3) is 0.0500. The number of benzene rings is 3. The standard InChI is InChI=1S/C20H16BrN3O2/c1-26-17-11-12-19(21)18(13-17)20(25)22-14-7-9-16(10-8-14)24-23-15-5-3-2-4-6-15/h2-13H,1H3,(H,22,25). The van der Waals surface area contributed by atoms with E-state index >= 15 is 0 Å². The first-order valence-corrected chi connectivity index (χ1v) is 8.67. The zero-order valence-corrected chi connectivity index (χ0v) is 15.6. The van der Waals surface area contributed by atoms with Crippen molar-refractivity contribution in [2.45, 2.75) is 0 Å². The fourth-order valence-electron chi connectivity index (χ4n) is 2.23. The molecule has 0 bridgehead atoms. The van der Waals surface area contributed by atoms with Crippen molar-refractivity contribution < 1.29 is 9.53 Å². The number of hydrogen-bond donors (Lipinski definition) is 1. The van der Waals surface area contributed by atoms with Crippen molar-refractivity contribution in [3.05, 3.63) is 82.8 Å². The number of amides is 1. The van der Waals surface area contributed by atoms with Gasteiger partial charge in [-0.25, -0.2) is 0 Å². The van der Waals surface area contributed by atoms with Crippen LogP contribution in [0, 0.1) is 0 Å². The lowest BCUT2D eigenvalue weighted by molar-refractivity contribution is 0.102. The molecule has 0 atom stereocenters. The second-order valence-electron chi connectivity index (χ2n) is 5.38. The third-order valence-corrected chi connectivity index (χ3v) is 4.27. The van der Waals surface area contributed by atoms with E-state index in [1.807, 2.05) is 30.3 Å². The second-order valence-corrected chi connectivity index (χ2v) is 6.24. The Bertz CT molecular complexity index is 926. The highest BCUT2D eigenvalue weighted by atomic mass is 79.9. The molecule has 0 spiro atoms. The highest BCUT2D eigenvalue weighted by Gasteiger charge is 2.11. The SMILES string of the molecule is COc1ccc(Br)c(C(=O)Nc2ccc(N=Nc3ccccc3)cc2)c1. The highest BCUT2D eigenvalue weighted by molar-refractivity contribution is 9.10. The number of ether oxygens (including phenoxy) is 1. The van der Waals surface area contributed by atoms with Gasteiger partial charge in [0, 0.05) is 10.2 Å². The molecule has 0 fully saturated rings. The quantitative estimate of drug-likeness (QED) is 0.515. The molecule has 3 rings (SSSR count). The predicted octanol–water partition coefficient (Wildman–Crippen LogP) is 6.13. The molecule has 0 aliphatic carbocycles. The maximum absolute atomic E-state index is 12.5. The molecule has 0 saturated carbocycles. The summed E-state index contributed by atoms with van der Waals surface area (Å²) in [5.41, 5.74) is 2.66. The molecule has 1 amide bonds. The van der Waals surface area contributed by atoms with Gasteiger partial charge in [0.2, 0.25) is 0 Å². The van der Waals surface area contributed by atoms with Crippen LogP contribution >= 0.6 is 15.9 Å². The second kappa shape index (κ2) is 8.40. The molecule has 0 aliphatic rings. The Hall–Kier alpha value is -2.99. The van der Waals surface area contributed by atoms with E-state index in [2.05, 4.69) is 31.5 Å². The third kappa shape index (κ3) is 4.55. The average Bonchev–Trinajstić information content (AvgIpc) is 2.68. The number of azo groups is 1. The Morgan fingerprint density at radius 3 is 2.23 bits per heavy atom. The zero-order valence-electron chi connectivity index (χ0n) is 14.0. The van der Waals surface area contributed by atoms with E-state index in [4.69, 9.17) is 4.74 Å². The van der Waals surface area contributed by atoms with E-state index in [0.29, 0.717) is 27.2 Å². The van der Waals surface area contributed by atoms with Crippen molar-refractivity contribution in [3.8, 4) is 5.75 Å². The average molecular weight is 410 g/mol. The molecule has 0 aliphatic heterocycles. The summed E-state index contributed by atoms with van der Waals surface area (Å²) in [6.07, 6.45) is 0. The van der Waals surface area contributed by atoms with Gasteiger partial charge in [-0.2, -0.15) is 10.2 Å². The van der Waals surface area contributed by atoms with Gasteiger partial charge in [-0.05, 0) is 70.5 Å². The van der Waals surface area contributed by atoms with E-state index in [0.717, 1.165) is 5.69 Å². The molecule has 0 aromatic heterocycles. The van der Waals surface area contributed by atoms with Crippen molar-refractivity contribution in [2.75, 3.05) is 12.4 Å². The summed E-state index contributed by atoms with van der Waals surface area (Å²) in [6.45, 7) is 0. The molecule has 0 radical (unpaired) electrons. The van der Waals surface area contributed by atoms with Crippen LogP contribution in [-0.4, -0.2) is 13.0 Å². The highest BCUT2D eigenvalue weighted by Crippen LogP contribution is 2.24. The van der Waals surface area contributed by atoms with E-state index < -0.39 is 0 Å². The molecular formula is C20H16BrN3O2. The Kier molecular flexibility index (Phi) is 5.76. The number of hydrogen-bond acceptors (Lipinski definition) is 4. The summed E-state index contributed by atoms with van der Waals surface area (Å²) >= 11 is 3.38. The lowest BCUT2D eigenvalue weighted by Gasteiger charge is -2.08. The van der Waals surface area contributed by atoms with E-state index in [1.165, 1.54) is 0 Å². The molecular weight excluding hydrogens is 394 g/mol. The minimum Gasteiger partial charge on any atom is -0.497 e. The van der Waals surface area contributed by atoms with E-state index in [-0.39, 0.29) is 5.91 Å². The molecule has 3 aromatic rings. The van der Waals surface area contributed by atoms with Crippen LogP contribution < -0.4 is 10.1 Å². The smallest absolute Gasteiger partial charge is 0.256 e. The van der Waals surface area contributed by atoms with Crippen LogP contribution in [0.5, 0.6) is 5.75 Å². The van der Waals surface area contributed by atoms with Crippen molar-refractivity contribution >= 4 is 38.9 Å². The van der Waals surface area contributed by atoms with Gasteiger partial charge in [-0.3, -0.25) is 4.79 Å². The summed E-state index contributed by atoms with van der Waals surface area (Å²) < 4.78 is 5.86. The number of anilines is 1. The predicted molar refractivity (Wildman–Crippen MR) is 106 cm³/mol. The summed E-state index contributed by atoms with van der Waals surface area (Å²) in [4.78, 5) is 12.5. The van der Waals surface area contributed by atoms with Crippen LogP contribution in [0.1, 0.15) is 10.4 Å². The molecule has 0 heterocycles. The van der Waals surface area contributed by atoms with Crippen LogP contribution in [0.15, 0.2) is 87.5 Å². The summed E-state index contributed by atoms with van der Waals surface area (Å²) in [6, 6.07) is 21.9. The normalized spacial score (nSPS) is 10.7. The molecule has 6 heteroatoms. The number of methoxy groups -OCH3 is 1. The Morgan fingerprint density at radius 1 is 0.923 bits per heavy atom. The van der Waals surface area contributed by atoms with Crippen LogP contribution in [0.3, 0.4) is 0 Å². The van der Waals surface area contributed by atoms with Crippen molar-refractivity contribution in [3.63, 3.8) is 0 Å². The van der Waals surface area contributed by atoms with Crippen molar-refractivity contribution in [2.24, 2.45) is 10.2 Å². The monoisotopic (exact) mass is 409 g/mol. The van der Waals surface area contributed by atoms with Gasteiger partial charge in [0.25, 0.3) is 5.91 Å². The summed E-state index contributed by atoms with van der Waals surface area (Å²) in [7, 11) is 1.56. The first-order chi connectivity index (χ1) is 12.7. The zero-order chi connectivity index (χ0) is 18.4. The minimum absolute atomic E-state index is 0.227. The number of nitrogens with one attached hydrogen (secondary N) is 1. The van der Waals surface area contributed by atoms with Gasteiger partial charge in [0.15, 0.2) is 0 Å². The largest absolute Gasteiger partial charge is 0.497 e. The van der Waals surface area contributed by atoms with E-state index in [1.54, 1.807) is 49.6 Å². The molecule has 5 nitrogen and oxygen atoms in total. The first kappa shape index (κ1) is 17.8. The molecule has 3 aromatic carbocycles. The van der Waals surface area contributed by atoms with Gasteiger partial charge in [0.1, 0.15) is 5.75 Å². The number of carbonyl (C=O) groups excluding carboxylic acids is 1. The topological polar surface area (TPSA) is 63.0 Å². The molecule has 1 N–H and O–H groups in total. The van der Waals surface area contributed by atoms with Gasteiger partial charge in [0.05, 0.1) is 24.0 Å². The third-order valence-electron chi connectivity index (χ3n) is 3.58. The molecule has 26 heavy (non-hydrogen) atoms. The number of halogens is 1. The maximum atomic E-state index is 12.5. The summed E-state index contributed by atoms with van der Waals surface area (Å²) in [5, 5.41) is 11.2. The first-order valence-electron chi connectivity index (χ1n) is 7.87. The number of nitrogens with zero attached hydrogens (tertiary/aromatic N) is 2. The molecule has 0 unspecified atom stereocenters. The van der Waals surface area contributed by atoms with Gasteiger partial charge in [-0.1, -0.05) is 18.2 Å². The summed E-state index contributed by atoms with van der Waals surface area (Å²) in [5.74, 6) is 0.393. The Morgan fingerprint density at radius 2 is 1.58 bits per heavy atom. The van der Waals surface area contributed by atoms with E-state index in [9.17, 15) is 4.79 Å². The Balaban J connectivity index is 1.69. The minimum atomic E-state index is -0.227. The lowest BCUT2D eigenvalue weighted by Crippen LogP contribution is -2.12. The Labute approximate surface area is 159 Å². The molecule has 0 saturated heterocycles. The van der Waals surface area contributed by atoms with Crippen LogP contribution in [0.25, 0.3) is 0 Å². The fourth-order valence-corrected chi connectivity index (χ4v) is 2.65. The van der Waals surface area contributed by atoms with Gasteiger partial charge in [-0.15, -0.1) is 0 Å². The lowest BCUT2D eigenvalue weighted by atomic mass is 10.2. The number of carbonyl (C=O) groups is 1. The van der Waals surface area contributed by atoms with Gasteiger partial charge >= 0.3 is 0 Å². The van der Waals surface area contributed by atoms with Crippen LogP contribution in [-0.2, 0) is 0 Å². The van der Waals surface area contributed by atoms with Crippen molar-refractivity contribution in [1.29, 1.82) is 0 Å².